The molecule has 0 saturated heterocycles. The summed E-state index contributed by atoms with van der Waals surface area (Å²) in [6.45, 7) is 2.82. The van der Waals surface area contributed by atoms with Gasteiger partial charge in [0.25, 0.3) is 5.56 Å². The van der Waals surface area contributed by atoms with E-state index >= 15 is 0 Å². The van der Waals surface area contributed by atoms with Crippen molar-refractivity contribution in [3.8, 4) is 0 Å². The second-order valence-electron chi connectivity index (χ2n) is 5.65. The molecular weight excluding hydrogens is 372 g/mol. The van der Waals surface area contributed by atoms with Crippen LogP contribution in [0.3, 0.4) is 0 Å². The summed E-state index contributed by atoms with van der Waals surface area (Å²) in [6, 6.07) is 10.2. The summed E-state index contributed by atoms with van der Waals surface area (Å²) in [5.41, 5.74) is 2.35. The topological polar surface area (TPSA) is 34.9 Å². The predicted octanol–water partition coefficient (Wildman–Crippen LogP) is 4.73. The van der Waals surface area contributed by atoms with Crippen LogP contribution in [0.15, 0.2) is 39.6 Å². The average Bonchev–Trinajstić information content (AvgIpc) is 3.13. The summed E-state index contributed by atoms with van der Waals surface area (Å²) in [6.07, 6.45) is 3.93. The molecule has 0 aliphatic carbocycles. The van der Waals surface area contributed by atoms with Crippen LogP contribution in [-0.4, -0.2) is 9.55 Å². The fourth-order valence-corrected chi connectivity index (χ4v) is 4.35. The van der Waals surface area contributed by atoms with E-state index in [0.717, 1.165) is 44.5 Å². The number of thiophene rings is 1. The lowest BCUT2D eigenvalue weighted by Crippen LogP contribution is -2.19. The average molecular weight is 387 g/mol. The third-order valence-corrected chi connectivity index (χ3v) is 5.80. The lowest BCUT2D eigenvalue weighted by atomic mass is 10.1. The van der Waals surface area contributed by atoms with Gasteiger partial charge in [0.15, 0.2) is 0 Å². The molecule has 1 aromatic carbocycles. The lowest BCUT2D eigenvalue weighted by Gasteiger charge is -2.03. The van der Waals surface area contributed by atoms with Gasteiger partial charge in [0.05, 0.1) is 5.39 Å². The van der Waals surface area contributed by atoms with E-state index in [1.54, 1.807) is 11.3 Å². The molecule has 0 saturated carbocycles. The summed E-state index contributed by atoms with van der Waals surface area (Å²) in [5, 5.41) is 0.763. The standard InChI is InChI=1S/C18H15BrN2OS/c1-2-14-10-15-17(23-14)20-16-12(6-7-21(16)18(15)22)8-11-4-3-5-13(19)9-11/h3-5,8-10H,2,6-7H2,1H3/b12-8+. The Hall–Kier alpha value is -1.72. The van der Waals surface area contributed by atoms with Crippen LogP contribution in [-0.2, 0) is 13.0 Å². The van der Waals surface area contributed by atoms with Gasteiger partial charge >= 0.3 is 0 Å². The predicted molar refractivity (Wildman–Crippen MR) is 99.9 cm³/mol. The molecule has 3 heterocycles. The Bertz CT molecular complexity index is 1000. The molecule has 1 aliphatic rings. The maximum absolute atomic E-state index is 12.7. The first kappa shape index (κ1) is 14.8. The third kappa shape index (κ3) is 2.58. The van der Waals surface area contributed by atoms with E-state index < -0.39 is 0 Å². The molecule has 0 fully saturated rings. The summed E-state index contributed by atoms with van der Waals surface area (Å²) in [4.78, 5) is 19.6. The number of allylic oxidation sites excluding steroid dienone is 1. The fraction of sp³-hybridized carbons (Fsp3) is 0.222. The zero-order chi connectivity index (χ0) is 16.0. The highest BCUT2D eigenvalue weighted by Gasteiger charge is 2.21. The number of nitrogens with zero attached hydrogens (tertiary/aromatic N) is 2. The third-order valence-electron chi connectivity index (χ3n) is 4.13. The number of aryl methyl sites for hydroxylation is 1. The molecule has 0 bridgehead atoms. The number of benzene rings is 1. The van der Waals surface area contributed by atoms with Gasteiger partial charge < -0.3 is 0 Å². The molecule has 4 rings (SSSR count). The first-order valence-corrected chi connectivity index (χ1v) is 9.26. The van der Waals surface area contributed by atoms with Gasteiger partial charge in [-0.2, -0.15) is 0 Å². The molecule has 5 heteroatoms. The van der Waals surface area contributed by atoms with Crippen molar-refractivity contribution < 1.29 is 0 Å². The first-order chi connectivity index (χ1) is 11.2. The van der Waals surface area contributed by atoms with E-state index in [9.17, 15) is 4.79 Å². The zero-order valence-electron chi connectivity index (χ0n) is 12.7. The minimum Gasteiger partial charge on any atom is -0.292 e. The van der Waals surface area contributed by atoms with Crippen LogP contribution in [0.4, 0.5) is 0 Å². The SMILES string of the molecule is CCc1cc2c(=O)n3c(nc2s1)/C(=C/c1cccc(Br)c1)CC3. The molecule has 0 N–H and O–H groups in total. The molecule has 0 amide bonds. The van der Waals surface area contributed by atoms with Crippen LogP contribution in [0.25, 0.3) is 21.9 Å². The van der Waals surface area contributed by atoms with Crippen LogP contribution in [0.1, 0.15) is 29.6 Å². The van der Waals surface area contributed by atoms with Gasteiger partial charge in [-0.05, 0) is 48.3 Å². The first-order valence-electron chi connectivity index (χ1n) is 7.65. The number of halogens is 1. The normalized spacial score (nSPS) is 15.5. The maximum Gasteiger partial charge on any atom is 0.262 e. The van der Waals surface area contributed by atoms with Crippen molar-refractivity contribution in [2.24, 2.45) is 0 Å². The number of hydrogen-bond acceptors (Lipinski definition) is 3. The van der Waals surface area contributed by atoms with Crippen molar-refractivity contribution in [3.63, 3.8) is 0 Å². The van der Waals surface area contributed by atoms with Crippen molar-refractivity contribution in [1.29, 1.82) is 0 Å². The van der Waals surface area contributed by atoms with Gasteiger partial charge in [0, 0.05) is 15.9 Å². The van der Waals surface area contributed by atoms with Crippen molar-refractivity contribution in [3.05, 3.63) is 61.4 Å². The number of rotatable bonds is 2. The number of fused-ring (bicyclic) bond motifs is 2. The van der Waals surface area contributed by atoms with Gasteiger partial charge in [0.2, 0.25) is 0 Å². The Labute approximate surface area is 146 Å². The molecule has 3 aromatic rings. The molecule has 23 heavy (non-hydrogen) atoms. The quantitative estimate of drug-likeness (QED) is 0.637. The van der Waals surface area contributed by atoms with E-state index in [-0.39, 0.29) is 5.56 Å². The van der Waals surface area contributed by atoms with Crippen LogP contribution in [0.2, 0.25) is 0 Å². The van der Waals surface area contributed by atoms with Crippen LogP contribution < -0.4 is 5.56 Å². The molecule has 0 radical (unpaired) electrons. The highest BCUT2D eigenvalue weighted by Crippen LogP contribution is 2.30. The van der Waals surface area contributed by atoms with Crippen molar-refractivity contribution >= 4 is 49.1 Å². The van der Waals surface area contributed by atoms with Crippen molar-refractivity contribution in [1.82, 2.24) is 9.55 Å². The highest BCUT2D eigenvalue weighted by molar-refractivity contribution is 9.10. The molecule has 0 unspecified atom stereocenters. The van der Waals surface area contributed by atoms with Gasteiger partial charge in [-0.25, -0.2) is 4.98 Å². The molecule has 0 atom stereocenters. The van der Waals surface area contributed by atoms with E-state index in [2.05, 4.69) is 41.1 Å². The molecular formula is C18H15BrN2OS. The fourth-order valence-electron chi connectivity index (χ4n) is 2.97. The van der Waals surface area contributed by atoms with Crippen LogP contribution >= 0.6 is 27.3 Å². The maximum atomic E-state index is 12.7. The van der Waals surface area contributed by atoms with Gasteiger partial charge in [0.1, 0.15) is 10.7 Å². The second kappa shape index (κ2) is 5.73. The molecule has 116 valence electrons. The Balaban J connectivity index is 1.88. The lowest BCUT2D eigenvalue weighted by molar-refractivity contribution is 0.726. The van der Waals surface area contributed by atoms with Gasteiger partial charge in [-0.3, -0.25) is 9.36 Å². The monoisotopic (exact) mass is 386 g/mol. The molecule has 1 aliphatic heterocycles. The van der Waals surface area contributed by atoms with E-state index in [4.69, 9.17) is 4.98 Å². The smallest absolute Gasteiger partial charge is 0.262 e. The van der Waals surface area contributed by atoms with Crippen molar-refractivity contribution in [2.75, 3.05) is 0 Å². The molecule has 3 nitrogen and oxygen atoms in total. The summed E-state index contributed by atoms with van der Waals surface area (Å²) in [7, 11) is 0. The van der Waals surface area contributed by atoms with Crippen LogP contribution in [0.5, 0.6) is 0 Å². The number of aromatic nitrogens is 2. The van der Waals surface area contributed by atoms with Crippen molar-refractivity contribution in [2.45, 2.75) is 26.3 Å². The summed E-state index contributed by atoms with van der Waals surface area (Å²) < 4.78 is 2.87. The molecule has 2 aromatic heterocycles. The van der Waals surface area contributed by atoms with Crippen LogP contribution in [0, 0.1) is 0 Å². The Morgan fingerprint density at radius 2 is 2.26 bits per heavy atom. The number of hydrogen-bond donors (Lipinski definition) is 0. The van der Waals surface area contributed by atoms with Gasteiger partial charge in [-0.1, -0.05) is 35.0 Å². The summed E-state index contributed by atoms with van der Waals surface area (Å²) >= 11 is 5.13. The summed E-state index contributed by atoms with van der Waals surface area (Å²) in [5.74, 6) is 0.826. The molecule has 0 spiro atoms. The highest BCUT2D eigenvalue weighted by atomic mass is 79.9. The largest absolute Gasteiger partial charge is 0.292 e. The van der Waals surface area contributed by atoms with E-state index in [1.807, 2.05) is 22.8 Å². The Kier molecular flexibility index (Phi) is 3.70. The zero-order valence-corrected chi connectivity index (χ0v) is 15.1. The Morgan fingerprint density at radius 1 is 1.39 bits per heavy atom. The Morgan fingerprint density at radius 3 is 3.04 bits per heavy atom. The van der Waals surface area contributed by atoms with E-state index in [1.165, 1.54) is 4.88 Å². The van der Waals surface area contributed by atoms with Gasteiger partial charge in [-0.15, -0.1) is 11.3 Å². The van der Waals surface area contributed by atoms with E-state index in [0.29, 0.717) is 6.54 Å². The second-order valence-corrected chi connectivity index (χ2v) is 7.68. The minimum atomic E-state index is 0.0959. The minimum absolute atomic E-state index is 0.0959.